The van der Waals surface area contributed by atoms with Gasteiger partial charge in [0.05, 0.1) is 26.7 Å². The summed E-state index contributed by atoms with van der Waals surface area (Å²) in [6.45, 7) is 2.00. The number of anilines is 1. The average Bonchev–Trinajstić information content (AvgIpc) is 3.37. The van der Waals surface area contributed by atoms with Crippen molar-refractivity contribution in [2.24, 2.45) is 0 Å². The molecule has 4 heteroatoms. The van der Waals surface area contributed by atoms with Crippen molar-refractivity contribution >= 4 is 11.6 Å². The topological polar surface area (TPSA) is 50.9 Å². The van der Waals surface area contributed by atoms with Crippen molar-refractivity contribution in [3.63, 3.8) is 0 Å². The fraction of sp³-hybridized carbons (Fsp3) is 0.235. The van der Waals surface area contributed by atoms with Crippen molar-refractivity contribution in [1.82, 2.24) is 0 Å². The zero-order chi connectivity index (χ0) is 14.9. The molecule has 3 rings (SSSR count). The van der Waals surface area contributed by atoms with Gasteiger partial charge >= 0.3 is 0 Å². The minimum atomic E-state index is -0.0329. The van der Waals surface area contributed by atoms with Crippen molar-refractivity contribution in [3.05, 3.63) is 60.2 Å². The number of ether oxygens (including phenoxy) is 2. The number of amides is 1. The molecule has 1 N–H and O–H groups in total. The van der Waals surface area contributed by atoms with E-state index in [9.17, 15) is 4.79 Å². The van der Waals surface area contributed by atoms with Gasteiger partial charge in [-0.15, -0.1) is 0 Å². The number of benzene rings is 2. The molecule has 0 unspecified atom stereocenters. The maximum Gasteiger partial charge on any atom is 0.228 e. The highest BCUT2D eigenvalue weighted by atomic mass is 16.6. The summed E-state index contributed by atoms with van der Waals surface area (Å²) in [5.74, 6) is 0.696. The molecule has 0 aliphatic carbocycles. The molecule has 1 saturated heterocycles. The van der Waals surface area contributed by atoms with Crippen LogP contribution in [0.1, 0.15) is 5.56 Å². The minimum absolute atomic E-state index is 0.0329. The van der Waals surface area contributed by atoms with Gasteiger partial charge in [-0.1, -0.05) is 36.4 Å². The maximum atomic E-state index is 11.8. The largest absolute Gasteiger partial charge is 0.497 e. The fourth-order valence-corrected chi connectivity index (χ4v) is 1.69. The highest BCUT2D eigenvalue weighted by Crippen LogP contribution is 2.16. The zero-order valence-corrected chi connectivity index (χ0v) is 12.0. The quantitative estimate of drug-likeness (QED) is 0.879. The van der Waals surface area contributed by atoms with Crippen LogP contribution >= 0.6 is 0 Å². The Bertz CT molecular complexity index is 565. The molecule has 0 spiro atoms. The molecule has 4 nitrogen and oxygen atoms in total. The second kappa shape index (κ2) is 8.07. The van der Waals surface area contributed by atoms with Crippen molar-refractivity contribution in [1.29, 1.82) is 0 Å². The maximum absolute atomic E-state index is 11.8. The van der Waals surface area contributed by atoms with Gasteiger partial charge in [0.1, 0.15) is 5.75 Å². The number of carbonyl (C=O) groups is 1. The van der Waals surface area contributed by atoms with E-state index in [1.807, 2.05) is 48.5 Å². The molecule has 0 saturated carbocycles. The third kappa shape index (κ3) is 6.10. The predicted octanol–water partition coefficient (Wildman–Crippen LogP) is 2.89. The Labute approximate surface area is 124 Å². The molecule has 1 fully saturated rings. The number of hydrogen-bond donors (Lipinski definition) is 1. The van der Waals surface area contributed by atoms with E-state index in [0.717, 1.165) is 30.2 Å². The normalized spacial score (nSPS) is 11.9. The average molecular weight is 285 g/mol. The van der Waals surface area contributed by atoms with E-state index in [1.54, 1.807) is 13.2 Å². The summed E-state index contributed by atoms with van der Waals surface area (Å²) >= 11 is 0. The van der Waals surface area contributed by atoms with Crippen LogP contribution in [0.3, 0.4) is 0 Å². The summed E-state index contributed by atoms with van der Waals surface area (Å²) in [5, 5.41) is 2.85. The van der Waals surface area contributed by atoms with E-state index in [2.05, 4.69) is 10.1 Å². The summed E-state index contributed by atoms with van der Waals surface area (Å²) in [6, 6.07) is 17.0. The number of hydrogen-bond acceptors (Lipinski definition) is 3. The first-order valence-corrected chi connectivity index (χ1v) is 6.83. The highest BCUT2D eigenvalue weighted by molar-refractivity contribution is 5.92. The third-order valence-corrected chi connectivity index (χ3v) is 2.77. The first-order chi connectivity index (χ1) is 10.3. The second-order valence-corrected chi connectivity index (χ2v) is 4.55. The van der Waals surface area contributed by atoms with E-state index in [1.165, 1.54) is 0 Å². The van der Waals surface area contributed by atoms with Gasteiger partial charge in [-0.2, -0.15) is 0 Å². The van der Waals surface area contributed by atoms with Gasteiger partial charge < -0.3 is 14.8 Å². The van der Waals surface area contributed by atoms with E-state index in [0.29, 0.717) is 6.42 Å². The summed E-state index contributed by atoms with van der Waals surface area (Å²) in [5.41, 5.74) is 1.74. The molecule has 21 heavy (non-hydrogen) atoms. The van der Waals surface area contributed by atoms with Crippen LogP contribution in [0.5, 0.6) is 5.75 Å². The Kier molecular flexibility index (Phi) is 5.79. The summed E-state index contributed by atoms with van der Waals surface area (Å²) < 4.78 is 9.60. The fourth-order valence-electron chi connectivity index (χ4n) is 1.69. The van der Waals surface area contributed by atoms with Gasteiger partial charge in [-0.05, 0) is 17.7 Å². The molecule has 1 amide bonds. The Balaban J connectivity index is 0.000000477. The SMILES string of the molecule is C1CO1.COc1cccc(NC(=O)Cc2ccccc2)c1. The second-order valence-electron chi connectivity index (χ2n) is 4.55. The molecule has 1 heterocycles. The van der Waals surface area contributed by atoms with Crippen LogP contribution < -0.4 is 10.1 Å². The van der Waals surface area contributed by atoms with Crippen molar-refractivity contribution < 1.29 is 14.3 Å². The standard InChI is InChI=1S/C15H15NO2.C2H4O/c1-18-14-9-5-8-13(11-14)16-15(17)10-12-6-3-2-4-7-12;1-2-3-1/h2-9,11H,10H2,1H3,(H,16,17);1-2H2. The number of nitrogens with one attached hydrogen (secondary N) is 1. The third-order valence-electron chi connectivity index (χ3n) is 2.77. The smallest absolute Gasteiger partial charge is 0.228 e. The number of carbonyl (C=O) groups excluding carboxylic acids is 1. The first kappa shape index (κ1) is 15.1. The Morgan fingerprint density at radius 1 is 1.14 bits per heavy atom. The number of rotatable bonds is 4. The Morgan fingerprint density at radius 2 is 1.86 bits per heavy atom. The monoisotopic (exact) mass is 285 g/mol. The number of epoxide rings is 1. The molecule has 1 aliphatic rings. The molecule has 0 radical (unpaired) electrons. The summed E-state index contributed by atoms with van der Waals surface area (Å²) in [6.07, 6.45) is 0.373. The lowest BCUT2D eigenvalue weighted by molar-refractivity contribution is -0.115. The van der Waals surface area contributed by atoms with Crippen molar-refractivity contribution in [2.45, 2.75) is 6.42 Å². The molecule has 0 atom stereocenters. The molecule has 2 aromatic carbocycles. The lowest BCUT2D eigenvalue weighted by Gasteiger charge is -2.07. The van der Waals surface area contributed by atoms with E-state index in [-0.39, 0.29) is 5.91 Å². The van der Waals surface area contributed by atoms with Crippen LogP contribution in [-0.2, 0) is 16.0 Å². The van der Waals surface area contributed by atoms with Crippen LogP contribution in [0.15, 0.2) is 54.6 Å². The molecule has 0 aromatic heterocycles. The first-order valence-electron chi connectivity index (χ1n) is 6.83. The molecule has 1 aliphatic heterocycles. The molecular formula is C17H19NO3. The number of methoxy groups -OCH3 is 1. The van der Waals surface area contributed by atoms with Crippen LogP contribution in [-0.4, -0.2) is 26.2 Å². The lowest BCUT2D eigenvalue weighted by Crippen LogP contribution is -2.14. The molecule has 110 valence electrons. The zero-order valence-electron chi connectivity index (χ0n) is 12.0. The molecule has 0 bridgehead atoms. The van der Waals surface area contributed by atoms with Gasteiger partial charge in [-0.25, -0.2) is 0 Å². The van der Waals surface area contributed by atoms with E-state index in [4.69, 9.17) is 4.74 Å². The van der Waals surface area contributed by atoms with Crippen LogP contribution in [0.25, 0.3) is 0 Å². The minimum Gasteiger partial charge on any atom is -0.497 e. The van der Waals surface area contributed by atoms with Gasteiger partial charge in [0.25, 0.3) is 0 Å². The summed E-state index contributed by atoms with van der Waals surface area (Å²) in [4.78, 5) is 11.8. The lowest BCUT2D eigenvalue weighted by atomic mass is 10.1. The van der Waals surface area contributed by atoms with Crippen molar-refractivity contribution in [3.8, 4) is 5.75 Å². The Hall–Kier alpha value is -2.33. The van der Waals surface area contributed by atoms with Crippen LogP contribution in [0.4, 0.5) is 5.69 Å². The van der Waals surface area contributed by atoms with Crippen molar-refractivity contribution in [2.75, 3.05) is 25.6 Å². The van der Waals surface area contributed by atoms with Crippen LogP contribution in [0, 0.1) is 0 Å². The summed E-state index contributed by atoms with van der Waals surface area (Å²) in [7, 11) is 1.60. The molecule has 2 aromatic rings. The van der Waals surface area contributed by atoms with E-state index < -0.39 is 0 Å². The van der Waals surface area contributed by atoms with Crippen LogP contribution in [0.2, 0.25) is 0 Å². The van der Waals surface area contributed by atoms with E-state index >= 15 is 0 Å². The molecular weight excluding hydrogens is 266 g/mol. The van der Waals surface area contributed by atoms with Gasteiger partial charge in [0.15, 0.2) is 0 Å². The van der Waals surface area contributed by atoms with Gasteiger partial charge in [0, 0.05) is 11.8 Å². The van der Waals surface area contributed by atoms with Gasteiger partial charge in [0.2, 0.25) is 5.91 Å². The predicted molar refractivity (Wildman–Crippen MR) is 82.6 cm³/mol. The Morgan fingerprint density at radius 3 is 2.48 bits per heavy atom. The van der Waals surface area contributed by atoms with Gasteiger partial charge in [-0.3, -0.25) is 4.79 Å². The highest BCUT2D eigenvalue weighted by Gasteiger charge is 2.04.